The predicted molar refractivity (Wildman–Crippen MR) is 76.4 cm³/mol. The summed E-state index contributed by atoms with van der Waals surface area (Å²) in [6.45, 7) is 0.0497. The summed E-state index contributed by atoms with van der Waals surface area (Å²) in [6, 6.07) is 7.07. The van der Waals surface area contributed by atoms with Gasteiger partial charge in [-0.05, 0) is 11.1 Å². The Morgan fingerprint density at radius 2 is 1.87 bits per heavy atom. The van der Waals surface area contributed by atoms with Gasteiger partial charge in [-0.1, -0.05) is 24.3 Å². The average Bonchev–Trinajstić information content (AvgIpc) is 3.00. The van der Waals surface area contributed by atoms with Crippen LogP contribution in [0.4, 0.5) is 19.0 Å². The third-order valence-corrected chi connectivity index (χ3v) is 3.27. The number of aliphatic hydroxyl groups excluding tert-OH is 1. The van der Waals surface area contributed by atoms with Gasteiger partial charge in [-0.2, -0.15) is 13.2 Å². The molecular weight excluding hydrogens is 311 g/mol. The quantitative estimate of drug-likeness (QED) is 0.687. The molecular formula is C14H12F3N5O. The maximum Gasteiger partial charge on any atom is 0.451 e. The second-order valence-corrected chi connectivity index (χ2v) is 4.78. The largest absolute Gasteiger partial charge is 0.451 e. The van der Waals surface area contributed by atoms with E-state index in [0.717, 1.165) is 5.56 Å². The Hall–Kier alpha value is -2.68. The molecule has 0 aliphatic heterocycles. The van der Waals surface area contributed by atoms with Gasteiger partial charge in [0.15, 0.2) is 11.5 Å². The van der Waals surface area contributed by atoms with Crippen LogP contribution in [0.1, 0.15) is 17.0 Å². The van der Waals surface area contributed by atoms with E-state index in [1.54, 1.807) is 24.3 Å². The SMILES string of the molecule is OCc1ccccc1CNc1nc(C(F)(F)F)nc2nc[nH]c12. The van der Waals surface area contributed by atoms with Crippen LogP contribution in [0.2, 0.25) is 0 Å². The van der Waals surface area contributed by atoms with Crippen LogP contribution in [0.3, 0.4) is 0 Å². The average molecular weight is 323 g/mol. The van der Waals surface area contributed by atoms with Crippen molar-refractivity contribution >= 4 is 17.0 Å². The maximum absolute atomic E-state index is 12.9. The Kier molecular flexibility index (Phi) is 3.87. The zero-order valence-corrected chi connectivity index (χ0v) is 11.7. The van der Waals surface area contributed by atoms with Gasteiger partial charge in [0.05, 0.1) is 12.9 Å². The highest BCUT2D eigenvalue weighted by Crippen LogP contribution is 2.29. The lowest BCUT2D eigenvalue weighted by Gasteiger charge is -2.11. The van der Waals surface area contributed by atoms with Crippen LogP contribution in [0.15, 0.2) is 30.6 Å². The summed E-state index contributed by atoms with van der Waals surface area (Å²) in [5.74, 6) is -1.25. The highest BCUT2D eigenvalue weighted by atomic mass is 19.4. The molecule has 0 bridgehead atoms. The van der Waals surface area contributed by atoms with E-state index in [0.29, 0.717) is 11.1 Å². The number of aromatic nitrogens is 4. The number of aromatic amines is 1. The predicted octanol–water partition coefficient (Wildman–Crippen LogP) is 2.48. The number of hydrogen-bond donors (Lipinski definition) is 3. The van der Waals surface area contributed by atoms with Gasteiger partial charge in [-0.15, -0.1) is 0 Å². The van der Waals surface area contributed by atoms with E-state index in [1.165, 1.54) is 6.33 Å². The Balaban J connectivity index is 1.94. The minimum atomic E-state index is -4.66. The molecule has 0 amide bonds. The van der Waals surface area contributed by atoms with Gasteiger partial charge in [0.1, 0.15) is 5.52 Å². The van der Waals surface area contributed by atoms with Crippen molar-refractivity contribution in [3.05, 3.63) is 47.5 Å². The van der Waals surface area contributed by atoms with E-state index in [9.17, 15) is 18.3 Å². The maximum atomic E-state index is 12.9. The normalized spacial score (nSPS) is 11.8. The van der Waals surface area contributed by atoms with Crippen LogP contribution in [0.25, 0.3) is 11.2 Å². The van der Waals surface area contributed by atoms with Crippen molar-refractivity contribution < 1.29 is 18.3 Å². The van der Waals surface area contributed by atoms with E-state index in [-0.39, 0.29) is 24.6 Å². The fraction of sp³-hybridized carbons (Fsp3) is 0.214. The standard InChI is InChI=1S/C14H12F3N5O/c15-14(16,17)13-21-11(10-12(22-13)20-7-19-10)18-5-8-3-1-2-4-9(8)6-23/h1-4,7,23H,5-6H2,(H2,18,19,20,21,22). The minimum Gasteiger partial charge on any atom is -0.392 e. The number of H-pyrrole nitrogens is 1. The second-order valence-electron chi connectivity index (χ2n) is 4.78. The Morgan fingerprint density at radius 3 is 2.57 bits per heavy atom. The first-order chi connectivity index (χ1) is 11.0. The summed E-state index contributed by atoms with van der Waals surface area (Å²) in [5, 5.41) is 12.1. The van der Waals surface area contributed by atoms with Gasteiger partial charge in [-0.3, -0.25) is 0 Å². The molecule has 2 aromatic heterocycles. The number of aliphatic hydroxyl groups is 1. The molecule has 0 saturated carbocycles. The van der Waals surface area contributed by atoms with E-state index in [1.807, 2.05) is 0 Å². The number of benzene rings is 1. The van der Waals surface area contributed by atoms with Gasteiger partial charge < -0.3 is 15.4 Å². The van der Waals surface area contributed by atoms with Gasteiger partial charge in [0.2, 0.25) is 5.82 Å². The Morgan fingerprint density at radius 1 is 1.13 bits per heavy atom. The first-order valence-corrected chi connectivity index (χ1v) is 6.69. The number of rotatable bonds is 4. The van der Waals surface area contributed by atoms with Crippen molar-refractivity contribution in [2.75, 3.05) is 5.32 Å². The van der Waals surface area contributed by atoms with Gasteiger partial charge in [0.25, 0.3) is 0 Å². The molecule has 3 aromatic rings. The van der Waals surface area contributed by atoms with Crippen molar-refractivity contribution in [1.82, 2.24) is 19.9 Å². The van der Waals surface area contributed by atoms with Crippen LogP contribution >= 0.6 is 0 Å². The lowest BCUT2D eigenvalue weighted by molar-refractivity contribution is -0.144. The third kappa shape index (κ3) is 3.09. The van der Waals surface area contributed by atoms with Crippen LogP contribution in [-0.4, -0.2) is 25.0 Å². The lowest BCUT2D eigenvalue weighted by atomic mass is 10.1. The number of halogens is 3. The van der Waals surface area contributed by atoms with Gasteiger partial charge in [0, 0.05) is 6.54 Å². The summed E-state index contributed by atoms with van der Waals surface area (Å²) >= 11 is 0. The monoisotopic (exact) mass is 323 g/mol. The van der Waals surface area contributed by atoms with Crippen molar-refractivity contribution in [1.29, 1.82) is 0 Å². The number of imidazole rings is 1. The molecule has 3 rings (SSSR count). The number of hydrogen-bond acceptors (Lipinski definition) is 5. The minimum absolute atomic E-state index is 0.00701. The van der Waals surface area contributed by atoms with Crippen molar-refractivity contribution in [3.8, 4) is 0 Å². The Bertz CT molecular complexity index is 831. The molecule has 23 heavy (non-hydrogen) atoms. The molecule has 0 saturated heterocycles. The first kappa shape index (κ1) is 15.2. The van der Waals surface area contributed by atoms with E-state index >= 15 is 0 Å². The second kappa shape index (κ2) is 5.84. The molecule has 0 spiro atoms. The first-order valence-electron chi connectivity index (χ1n) is 6.69. The molecule has 6 nitrogen and oxygen atoms in total. The summed E-state index contributed by atoms with van der Waals surface area (Å²) in [7, 11) is 0. The topological polar surface area (TPSA) is 86.7 Å². The van der Waals surface area contributed by atoms with Crippen LogP contribution < -0.4 is 5.32 Å². The lowest BCUT2D eigenvalue weighted by Crippen LogP contribution is -2.14. The molecule has 0 fully saturated rings. The van der Waals surface area contributed by atoms with Crippen molar-refractivity contribution in [2.24, 2.45) is 0 Å². The number of alkyl halides is 3. The van der Waals surface area contributed by atoms with E-state index in [4.69, 9.17) is 0 Å². The summed E-state index contributed by atoms with van der Waals surface area (Å²) in [5.41, 5.74) is 1.67. The number of fused-ring (bicyclic) bond motifs is 1. The molecule has 1 aromatic carbocycles. The van der Waals surface area contributed by atoms with Crippen molar-refractivity contribution in [3.63, 3.8) is 0 Å². The molecule has 0 radical (unpaired) electrons. The molecule has 2 heterocycles. The molecule has 120 valence electrons. The van der Waals surface area contributed by atoms with Gasteiger partial charge in [-0.25, -0.2) is 15.0 Å². The zero-order chi connectivity index (χ0) is 16.4. The summed E-state index contributed by atoms with van der Waals surface area (Å²) < 4.78 is 38.6. The fourth-order valence-electron chi connectivity index (χ4n) is 2.15. The molecule has 0 atom stereocenters. The number of nitrogens with zero attached hydrogens (tertiary/aromatic N) is 3. The molecule has 3 N–H and O–H groups in total. The smallest absolute Gasteiger partial charge is 0.392 e. The van der Waals surface area contributed by atoms with E-state index in [2.05, 4.69) is 25.3 Å². The fourth-order valence-corrected chi connectivity index (χ4v) is 2.15. The summed E-state index contributed by atoms with van der Waals surface area (Å²) in [4.78, 5) is 13.4. The Labute approximate surface area is 128 Å². The number of anilines is 1. The summed E-state index contributed by atoms with van der Waals surface area (Å²) in [6.07, 6.45) is -3.40. The third-order valence-electron chi connectivity index (χ3n) is 3.27. The van der Waals surface area contributed by atoms with Crippen LogP contribution in [0, 0.1) is 0 Å². The highest BCUT2D eigenvalue weighted by Gasteiger charge is 2.36. The molecule has 0 aliphatic carbocycles. The molecule has 9 heteroatoms. The zero-order valence-electron chi connectivity index (χ0n) is 11.7. The van der Waals surface area contributed by atoms with E-state index < -0.39 is 12.0 Å². The van der Waals surface area contributed by atoms with Crippen LogP contribution in [-0.2, 0) is 19.3 Å². The molecule has 0 unspecified atom stereocenters. The molecule has 0 aliphatic rings. The number of nitrogens with one attached hydrogen (secondary N) is 2. The van der Waals surface area contributed by atoms with Crippen molar-refractivity contribution in [2.45, 2.75) is 19.3 Å². The van der Waals surface area contributed by atoms with Gasteiger partial charge >= 0.3 is 6.18 Å². The van der Waals surface area contributed by atoms with Crippen LogP contribution in [0.5, 0.6) is 0 Å². The highest BCUT2D eigenvalue weighted by molar-refractivity contribution is 5.82.